The first-order valence-electron chi connectivity index (χ1n) is 8.71. The van der Waals surface area contributed by atoms with Crippen LogP contribution < -0.4 is 9.47 Å². The topological polar surface area (TPSA) is 68.3 Å². The van der Waals surface area contributed by atoms with E-state index in [-0.39, 0.29) is 25.2 Å². The first kappa shape index (κ1) is 16.2. The minimum atomic E-state index is -0.0139. The Kier molecular flexibility index (Phi) is 4.48. The molecule has 7 nitrogen and oxygen atoms in total. The van der Waals surface area contributed by atoms with Crippen LogP contribution in [0.25, 0.3) is 0 Å². The molecule has 134 valence electrons. The Morgan fingerprint density at radius 2 is 2.08 bits per heavy atom. The Balaban J connectivity index is 1.32. The molecule has 3 aliphatic heterocycles. The summed E-state index contributed by atoms with van der Waals surface area (Å²) in [6.07, 6.45) is 1.42. The zero-order chi connectivity index (χ0) is 17.2. The van der Waals surface area contributed by atoms with Gasteiger partial charge in [0.15, 0.2) is 11.5 Å². The van der Waals surface area contributed by atoms with Gasteiger partial charge in [0.1, 0.15) is 0 Å². The van der Waals surface area contributed by atoms with Gasteiger partial charge in [0.25, 0.3) is 0 Å². The number of piperazine rings is 1. The lowest BCUT2D eigenvalue weighted by Gasteiger charge is -2.34. The summed E-state index contributed by atoms with van der Waals surface area (Å²) < 4.78 is 16.0. The molecule has 0 spiro atoms. The Morgan fingerprint density at radius 3 is 2.88 bits per heavy atom. The van der Waals surface area contributed by atoms with Crippen molar-refractivity contribution in [2.45, 2.75) is 19.4 Å². The molecule has 7 heteroatoms. The van der Waals surface area contributed by atoms with Crippen LogP contribution in [0.15, 0.2) is 18.2 Å². The minimum Gasteiger partial charge on any atom is -0.454 e. The summed E-state index contributed by atoms with van der Waals surface area (Å²) in [6.45, 7) is 3.46. The maximum absolute atomic E-state index is 12.4. The number of amides is 2. The van der Waals surface area contributed by atoms with E-state index in [1.54, 1.807) is 9.80 Å². The standard InChI is InChI=1S/C18H22N2O5/c21-17(8-14-3-6-23-11-14)20-5-4-19(18(22)10-20)9-13-1-2-15-16(7-13)25-12-24-15/h1-2,7,14H,3-6,8-12H2/t14-/m1/s1. The van der Waals surface area contributed by atoms with Crippen molar-refractivity contribution in [1.82, 2.24) is 9.80 Å². The van der Waals surface area contributed by atoms with E-state index in [9.17, 15) is 9.59 Å². The molecule has 1 aromatic rings. The van der Waals surface area contributed by atoms with E-state index >= 15 is 0 Å². The van der Waals surface area contributed by atoms with Crippen LogP contribution in [-0.2, 0) is 20.9 Å². The summed E-state index contributed by atoms with van der Waals surface area (Å²) in [5.74, 6) is 1.81. The van der Waals surface area contributed by atoms with Gasteiger partial charge in [-0.3, -0.25) is 9.59 Å². The van der Waals surface area contributed by atoms with Gasteiger partial charge in [0.2, 0.25) is 18.6 Å². The van der Waals surface area contributed by atoms with Gasteiger partial charge in [-0.05, 0) is 30.0 Å². The quantitative estimate of drug-likeness (QED) is 0.814. The fraction of sp³-hybridized carbons (Fsp3) is 0.556. The van der Waals surface area contributed by atoms with Gasteiger partial charge in [-0.2, -0.15) is 0 Å². The smallest absolute Gasteiger partial charge is 0.242 e. The maximum Gasteiger partial charge on any atom is 0.242 e. The average molecular weight is 346 g/mol. The van der Waals surface area contributed by atoms with Gasteiger partial charge in [-0.15, -0.1) is 0 Å². The third-order valence-corrected chi connectivity index (χ3v) is 4.97. The van der Waals surface area contributed by atoms with Crippen molar-refractivity contribution in [2.24, 2.45) is 5.92 Å². The molecule has 0 unspecified atom stereocenters. The Bertz CT molecular complexity index is 671. The number of benzene rings is 1. The van der Waals surface area contributed by atoms with Gasteiger partial charge in [-0.1, -0.05) is 6.07 Å². The molecule has 0 radical (unpaired) electrons. The molecular weight excluding hydrogens is 324 g/mol. The number of fused-ring (bicyclic) bond motifs is 1. The molecule has 25 heavy (non-hydrogen) atoms. The van der Waals surface area contributed by atoms with Gasteiger partial charge in [0, 0.05) is 39.3 Å². The maximum atomic E-state index is 12.4. The van der Waals surface area contributed by atoms with Crippen molar-refractivity contribution in [2.75, 3.05) is 39.6 Å². The van der Waals surface area contributed by atoms with Crippen molar-refractivity contribution >= 4 is 11.8 Å². The number of nitrogens with zero attached hydrogens (tertiary/aromatic N) is 2. The van der Waals surface area contributed by atoms with Crippen molar-refractivity contribution in [1.29, 1.82) is 0 Å². The van der Waals surface area contributed by atoms with Crippen molar-refractivity contribution in [3.63, 3.8) is 0 Å². The molecule has 3 aliphatic rings. The van der Waals surface area contributed by atoms with Crippen molar-refractivity contribution in [3.8, 4) is 11.5 Å². The first-order chi connectivity index (χ1) is 12.2. The molecule has 1 aromatic carbocycles. The van der Waals surface area contributed by atoms with E-state index in [4.69, 9.17) is 14.2 Å². The number of rotatable bonds is 4. The molecule has 4 rings (SSSR count). The predicted octanol–water partition coefficient (Wildman–Crippen LogP) is 1.01. The molecule has 0 aliphatic carbocycles. The van der Waals surface area contributed by atoms with E-state index in [1.165, 1.54) is 0 Å². The number of hydrogen-bond donors (Lipinski definition) is 0. The summed E-state index contributed by atoms with van der Waals surface area (Å²) in [7, 11) is 0. The van der Waals surface area contributed by atoms with Crippen LogP contribution in [0.5, 0.6) is 11.5 Å². The van der Waals surface area contributed by atoms with Gasteiger partial charge in [-0.25, -0.2) is 0 Å². The van der Waals surface area contributed by atoms with Gasteiger partial charge in [0.05, 0.1) is 6.54 Å². The largest absolute Gasteiger partial charge is 0.454 e. The second kappa shape index (κ2) is 6.92. The highest BCUT2D eigenvalue weighted by atomic mass is 16.7. The zero-order valence-electron chi connectivity index (χ0n) is 14.1. The van der Waals surface area contributed by atoms with Crippen LogP contribution in [0.3, 0.4) is 0 Å². The molecule has 0 saturated carbocycles. The number of ether oxygens (including phenoxy) is 3. The lowest BCUT2D eigenvalue weighted by atomic mass is 10.0. The molecule has 0 N–H and O–H groups in total. The van der Waals surface area contributed by atoms with Gasteiger partial charge < -0.3 is 24.0 Å². The monoisotopic (exact) mass is 346 g/mol. The third-order valence-electron chi connectivity index (χ3n) is 4.97. The molecule has 0 aromatic heterocycles. The lowest BCUT2D eigenvalue weighted by Crippen LogP contribution is -2.52. The number of carbonyl (C=O) groups is 2. The Hall–Kier alpha value is -2.28. The summed E-state index contributed by atoms with van der Waals surface area (Å²) in [6, 6.07) is 5.72. The Labute approximate surface area is 146 Å². The Morgan fingerprint density at radius 1 is 1.20 bits per heavy atom. The highest BCUT2D eigenvalue weighted by Gasteiger charge is 2.29. The predicted molar refractivity (Wildman–Crippen MR) is 88.1 cm³/mol. The molecular formula is C18H22N2O5. The molecule has 0 bridgehead atoms. The zero-order valence-corrected chi connectivity index (χ0v) is 14.1. The number of carbonyl (C=O) groups excluding carboxylic acids is 2. The first-order valence-corrected chi connectivity index (χ1v) is 8.71. The SMILES string of the molecule is O=C(C[C@H]1CCOC1)N1CCN(Cc2ccc3c(c2)OCO3)C(=O)C1. The third kappa shape index (κ3) is 3.56. The van der Waals surface area contributed by atoms with Crippen LogP contribution in [0.1, 0.15) is 18.4 Å². The summed E-state index contributed by atoms with van der Waals surface area (Å²) in [5.41, 5.74) is 1.00. The van der Waals surface area contributed by atoms with Crippen LogP contribution in [0.2, 0.25) is 0 Å². The van der Waals surface area contributed by atoms with E-state index < -0.39 is 0 Å². The number of hydrogen-bond acceptors (Lipinski definition) is 5. The summed E-state index contributed by atoms with van der Waals surface area (Å²) in [4.78, 5) is 28.3. The second-order valence-corrected chi connectivity index (χ2v) is 6.75. The minimum absolute atomic E-state index is 0.0139. The van der Waals surface area contributed by atoms with Crippen LogP contribution >= 0.6 is 0 Å². The molecule has 2 fully saturated rings. The molecule has 1 atom stereocenters. The summed E-state index contributed by atoms with van der Waals surface area (Å²) >= 11 is 0. The van der Waals surface area contributed by atoms with E-state index in [2.05, 4.69) is 0 Å². The fourth-order valence-electron chi connectivity index (χ4n) is 3.47. The van der Waals surface area contributed by atoms with E-state index in [0.29, 0.717) is 38.6 Å². The average Bonchev–Trinajstić information content (AvgIpc) is 3.27. The van der Waals surface area contributed by atoms with E-state index in [0.717, 1.165) is 30.1 Å². The van der Waals surface area contributed by atoms with Crippen molar-refractivity contribution in [3.05, 3.63) is 23.8 Å². The molecule has 2 saturated heterocycles. The fourth-order valence-corrected chi connectivity index (χ4v) is 3.47. The molecule has 3 heterocycles. The molecule has 2 amide bonds. The van der Waals surface area contributed by atoms with Crippen molar-refractivity contribution < 1.29 is 23.8 Å². The van der Waals surface area contributed by atoms with E-state index in [1.807, 2.05) is 18.2 Å². The lowest BCUT2D eigenvalue weighted by molar-refractivity contribution is -0.146. The van der Waals surface area contributed by atoms with Crippen LogP contribution in [0.4, 0.5) is 0 Å². The normalized spacial score (nSPS) is 22.6. The highest BCUT2D eigenvalue weighted by Crippen LogP contribution is 2.33. The highest BCUT2D eigenvalue weighted by molar-refractivity contribution is 5.86. The summed E-state index contributed by atoms with van der Waals surface area (Å²) in [5, 5.41) is 0. The van der Waals surface area contributed by atoms with Crippen LogP contribution in [0, 0.1) is 5.92 Å². The van der Waals surface area contributed by atoms with Gasteiger partial charge >= 0.3 is 0 Å². The second-order valence-electron chi connectivity index (χ2n) is 6.75. The van der Waals surface area contributed by atoms with Crippen LogP contribution in [-0.4, -0.2) is 61.3 Å².